The molecule has 3 aliphatic carbocycles. The van der Waals surface area contributed by atoms with Gasteiger partial charge in [-0.1, -0.05) is 190 Å². The predicted molar refractivity (Wildman–Crippen MR) is 257 cm³/mol. The Labute approximate surface area is 359 Å². The van der Waals surface area contributed by atoms with E-state index in [4.69, 9.17) is 0 Å². The summed E-state index contributed by atoms with van der Waals surface area (Å²) in [5.41, 5.74) is 22.3. The van der Waals surface area contributed by atoms with Crippen LogP contribution in [0.2, 0.25) is 0 Å². The molecule has 1 nitrogen and oxygen atoms in total. The van der Waals surface area contributed by atoms with Crippen LogP contribution in [0.4, 0.5) is 17.1 Å². The Hall–Kier alpha value is -6.96. The fourth-order valence-corrected chi connectivity index (χ4v) is 11.7. The summed E-state index contributed by atoms with van der Waals surface area (Å²) in [5, 5.41) is 2.53. The maximum Gasteiger partial charge on any atom is 0.0467 e. The fraction of sp³-hybridized carbons (Fsp3) is 0.133. The van der Waals surface area contributed by atoms with Crippen LogP contribution in [-0.4, -0.2) is 0 Å². The monoisotopic (exact) mass is 781 g/mol. The number of nitrogens with zero attached hydrogens (tertiary/aromatic N) is 1. The van der Waals surface area contributed by atoms with Gasteiger partial charge in [0, 0.05) is 27.9 Å². The molecular weight excluding hydrogens is 735 g/mol. The molecule has 0 radical (unpaired) electrons. The Kier molecular flexibility index (Phi) is 8.13. The SMILES string of the molecule is CC1(C)c2ccccc2-c2cccc(-c3ccccc3-c3ccc(N(c4cccc(-c5cccc6ccccc56)c4)c4ccc5c(c4)C4(CCCC4)c4ccccc4-5)cc3)c21. The van der Waals surface area contributed by atoms with Gasteiger partial charge in [-0.25, -0.2) is 0 Å². The first-order valence-electron chi connectivity index (χ1n) is 22.1. The lowest BCUT2D eigenvalue weighted by Gasteiger charge is -2.30. The van der Waals surface area contributed by atoms with E-state index in [1.54, 1.807) is 0 Å². The molecule has 9 aromatic carbocycles. The molecule has 0 saturated heterocycles. The summed E-state index contributed by atoms with van der Waals surface area (Å²) in [6.45, 7) is 4.77. The average Bonchev–Trinajstić information content (AvgIpc) is 3.99. The molecule has 0 amide bonds. The van der Waals surface area contributed by atoms with Crippen LogP contribution in [0.25, 0.3) is 66.4 Å². The number of rotatable bonds is 6. The van der Waals surface area contributed by atoms with Gasteiger partial charge in [0.15, 0.2) is 0 Å². The van der Waals surface area contributed by atoms with Crippen molar-refractivity contribution in [2.24, 2.45) is 0 Å². The Morgan fingerprint density at radius 1 is 0.361 bits per heavy atom. The second kappa shape index (κ2) is 13.8. The molecule has 1 spiro atoms. The number of anilines is 3. The van der Waals surface area contributed by atoms with Crippen molar-refractivity contribution in [3.8, 4) is 55.6 Å². The number of benzene rings is 9. The van der Waals surface area contributed by atoms with Crippen LogP contribution in [0.5, 0.6) is 0 Å². The van der Waals surface area contributed by atoms with E-state index in [0.717, 1.165) is 11.4 Å². The molecule has 9 aromatic rings. The molecule has 0 unspecified atom stereocenters. The summed E-state index contributed by atoms with van der Waals surface area (Å²) in [7, 11) is 0. The molecule has 61 heavy (non-hydrogen) atoms. The molecule has 12 rings (SSSR count). The molecule has 0 atom stereocenters. The highest BCUT2D eigenvalue weighted by atomic mass is 15.1. The number of hydrogen-bond acceptors (Lipinski definition) is 1. The molecule has 292 valence electrons. The predicted octanol–water partition coefficient (Wildman–Crippen LogP) is 16.5. The third kappa shape index (κ3) is 5.46. The summed E-state index contributed by atoms with van der Waals surface area (Å²) < 4.78 is 0. The zero-order chi connectivity index (χ0) is 40.7. The summed E-state index contributed by atoms with van der Waals surface area (Å²) in [4.78, 5) is 2.49. The van der Waals surface area contributed by atoms with Gasteiger partial charge in [0.25, 0.3) is 0 Å². The van der Waals surface area contributed by atoms with Crippen molar-refractivity contribution in [1.82, 2.24) is 0 Å². The summed E-state index contributed by atoms with van der Waals surface area (Å²) in [5.74, 6) is 0. The van der Waals surface area contributed by atoms with Gasteiger partial charge in [-0.2, -0.15) is 0 Å². The van der Waals surface area contributed by atoms with Gasteiger partial charge in [-0.05, 0) is 138 Å². The summed E-state index contributed by atoms with van der Waals surface area (Å²) in [6, 6.07) is 75.1. The smallest absolute Gasteiger partial charge is 0.0467 e. The van der Waals surface area contributed by atoms with Crippen molar-refractivity contribution in [2.75, 3.05) is 4.90 Å². The van der Waals surface area contributed by atoms with Crippen molar-refractivity contribution >= 4 is 27.8 Å². The van der Waals surface area contributed by atoms with Crippen LogP contribution in [-0.2, 0) is 10.8 Å². The second-order valence-corrected chi connectivity index (χ2v) is 18.0. The molecule has 0 aromatic heterocycles. The minimum absolute atomic E-state index is 0.0829. The Morgan fingerprint density at radius 2 is 0.902 bits per heavy atom. The fourth-order valence-electron chi connectivity index (χ4n) is 11.7. The molecule has 1 saturated carbocycles. The van der Waals surface area contributed by atoms with Gasteiger partial charge >= 0.3 is 0 Å². The van der Waals surface area contributed by atoms with E-state index in [-0.39, 0.29) is 10.8 Å². The van der Waals surface area contributed by atoms with Gasteiger partial charge in [0.05, 0.1) is 0 Å². The lowest BCUT2D eigenvalue weighted by atomic mass is 9.76. The normalized spacial score (nSPS) is 15.0. The van der Waals surface area contributed by atoms with Gasteiger partial charge < -0.3 is 4.90 Å². The molecule has 1 heteroatoms. The molecule has 0 N–H and O–H groups in total. The second-order valence-electron chi connectivity index (χ2n) is 18.0. The average molecular weight is 782 g/mol. The first-order chi connectivity index (χ1) is 30.0. The molecule has 0 aliphatic heterocycles. The molecule has 1 fully saturated rings. The van der Waals surface area contributed by atoms with Gasteiger partial charge in [-0.3, -0.25) is 0 Å². The van der Waals surface area contributed by atoms with Gasteiger partial charge in [0.1, 0.15) is 0 Å². The van der Waals surface area contributed by atoms with E-state index in [0.29, 0.717) is 0 Å². The zero-order valence-corrected chi connectivity index (χ0v) is 34.8. The quantitative estimate of drug-likeness (QED) is 0.162. The first-order valence-corrected chi connectivity index (χ1v) is 22.1. The van der Waals surface area contributed by atoms with E-state index in [1.807, 2.05) is 0 Å². The van der Waals surface area contributed by atoms with Crippen molar-refractivity contribution in [3.63, 3.8) is 0 Å². The van der Waals surface area contributed by atoms with Crippen molar-refractivity contribution < 1.29 is 0 Å². The third-order valence-corrected chi connectivity index (χ3v) is 14.4. The first kappa shape index (κ1) is 35.9. The lowest BCUT2D eigenvalue weighted by molar-refractivity contribution is 0.550. The van der Waals surface area contributed by atoms with Crippen LogP contribution >= 0.6 is 0 Å². The van der Waals surface area contributed by atoms with E-state index in [1.165, 1.54) is 120 Å². The highest BCUT2D eigenvalue weighted by molar-refractivity contribution is 5.98. The third-order valence-electron chi connectivity index (χ3n) is 14.4. The Morgan fingerprint density at radius 3 is 1.70 bits per heavy atom. The summed E-state index contributed by atoms with van der Waals surface area (Å²) >= 11 is 0. The number of fused-ring (bicyclic) bond motifs is 9. The van der Waals surface area contributed by atoms with Crippen LogP contribution < -0.4 is 4.90 Å². The lowest BCUT2D eigenvalue weighted by Crippen LogP contribution is -2.21. The van der Waals surface area contributed by atoms with E-state index in [9.17, 15) is 0 Å². The maximum absolute atomic E-state index is 2.53. The standard InChI is InChI=1S/C60H47N/c1-59(2)55-28-9-7-24-51(55)54-27-15-26-53(58(54)59)49-22-6-5-21-47(49)41-30-32-43(33-31-41)61(44-19-13-18-42(38-44)48-25-14-17-40-16-3-4-20-46(40)48)45-34-35-52-50-23-8-10-29-56(50)60(57(52)39-45)36-11-12-37-60/h3-10,13-35,38-39H,11-12,36-37H2,1-2H3. The number of hydrogen-bond donors (Lipinski definition) is 0. The Balaban J connectivity index is 0.998. The van der Waals surface area contributed by atoms with E-state index >= 15 is 0 Å². The molecule has 0 heterocycles. The Bertz CT molecular complexity index is 3170. The van der Waals surface area contributed by atoms with Crippen LogP contribution in [0.1, 0.15) is 61.8 Å². The highest BCUT2D eigenvalue weighted by Crippen LogP contribution is 2.58. The van der Waals surface area contributed by atoms with Gasteiger partial charge in [0.2, 0.25) is 0 Å². The maximum atomic E-state index is 2.53. The molecule has 0 bridgehead atoms. The van der Waals surface area contributed by atoms with Crippen LogP contribution in [0, 0.1) is 0 Å². The van der Waals surface area contributed by atoms with Crippen LogP contribution in [0.15, 0.2) is 200 Å². The van der Waals surface area contributed by atoms with E-state index < -0.39 is 0 Å². The van der Waals surface area contributed by atoms with Crippen molar-refractivity contribution in [1.29, 1.82) is 0 Å². The zero-order valence-electron chi connectivity index (χ0n) is 34.8. The minimum atomic E-state index is -0.102. The molecule has 3 aliphatic rings. The molecular formula is C60H47N. The topological polar surface area (TPSA) is 3.24 Å². The van der Waals surface area contributed by atoms with Crippen molar-refractivity contribution in [3.05, 3.63) is 222 Å². The summed E-state index contributed by atoms with van der Waals surface area (Å²) in [6.07, 6.45) is 4.96. The van der Waals surface area contributed by atoms with E-state index in [2.05, 4.69) is 219 Å². The van der Waals surface area contributed by atoms with Gasteiger partial charge in [-0.15, -0.1) is 0 Å². The highest BCUT2D eigenvalue weighted by Gasteiger charge is 2.45. The van der Waals surface area contributed by atoms with Crippen LogP contribution in [0.3, 0.4) is 0 Å². The minimum Gasteiger partial charge on any atom is -0.310 e. The van der Waals surface area contributed by atoms with Crippen molar-refractivity contribution in [2.45, 2.75) is 50.4 Å². The largest absolute Gasteiger partial charge is 0.310 e.